The predicted octanol–water partition coefficient (Wildman–Crippen LogP) is 2.29. The SMILES string of the molecule is O=C(NCc1ccco1)[C@@H]1C[C@@H](Nc2ccc3cnccc3c2)CN1. The number of carbonyl (C=O) groups excluding carboxylic acids is 1. The van der Waals surface area contributed by atoms with E-state index in [1.807, 2.05) is 30.5 Å². The van der Waals surface area contributed by atoms with Gasteiger partial charge in [0.15, 0.2) is 0 Å². The molecule has 2 aromatic heterocycles. The van der Waals surface area contributed by atoms with Gasteiger partial charge in [0, 0.05) is 36.1 Å². The first-order chi connectivity index (χ1) is 12.3. The molecule has 0 unspecified atom stereocenters. The molecule has 1 aliphatic heterocycles. The van der Waals surface area contributed by atoms with Crippen LogP contribution < -0.4 is 16.0 Å². The van der Waals surface area contributed by atoms with Crippen molar-refractivity contribution in [2.45, 2.75) is 25.0 Å². The van der Waals surface area contributed by atoms with Crippen molar-refractivity contribution in [2.75, 3.05) is 11.9 Å². The van der Waals surface area contributed by atoms with E-state index in [1.54, 1.807) is 12.5 Å². The van der Waals surface area contributed by atoms with Crippen molar-refractivity contribution in [2.24, 2.45) is 0 Å². The van der Waals surface area contributed by atoms with Crippen LogP contribution in [-0.2, 0) is 11.3 Å². The van der Waals surface area contributed by atoms with Crippen LogP contribution in [0.25, 0.3) is 10.8 Å². The minimum Gasteiger partial charge on any atom is -0.467 e. The Morgan fingerprint density at radius 2 is 2.24 bits per heavy atom. The lowest BCUT2D eigenvalue weighted by Crippen LogP contribution is -2.39. The molecule has 1 fully saturated rings. The summed E-state index contributed by atoms with van der Waals surface area (Å²) in [5, 5.41) is 12.0. The van der Waals surface area contributed by atoms with E-state index in [1.165, 1.54) is 0 Å². The molecule has 0 aliphatic carbocycles. The lowest BCUT2D eigenvalue weighted by atomic mass is 10.1. The predicted molar refractivity (Wildman–Crippen MR) is 96.1 cm³/mol. The molecule has 3 N–H and O–H groups in total. The number of rotatable bonds is 5. The Morgan fingerprint density at radius 3 is 3.12 bits per heavy atom. The molecule has 1 amide bonds. The van der Waals surface area contributed by atoms with Gasteiger partial charge in [-0.05, 0) is 42.1 Å². The lowest BCUT2D eigenvalue weighted by Gasteiger charge is -2.14. The van der Waals surface area contributed by atoms with Crippen molar-refractivity contribution >= 4 is 22.4 Å². The Morgan fingerprint density at radius 1 is 1.28 bits per heavy atom. The topological polar surface area (TPSA) is 79.2 Å². The molecule has 4 rings (SSSR count). The highest BCUT2D eigenvalue weighted by Gasteiger charge is 2.29. The molecule has 2 atom stereocenters. The van der Waals surface area contributed by atoms with Crippen LogP contribution in [0.5, 0.6) is 0 Å². The number of aromatic nitrogens is 1. The summed E-state index contributed by atoms with van der Waals surface area (Å²) in [5.74, 6) is 0.761. The summed E-state index contributed by atoms with van der Waals surface area (Å²) < 4.78 is 5.23. The summed E-state index contributed by atoms with van der Waals surface area (Å²) >= 11 is 0. The van der Waals surface area contributed by atoms with E-state index >= 15 is 0 Å². The number of hydrogen-bond acceptors (Lipinski definition) is 5. The highest BCUT2D eigenvalue weighted by Crippen LogP contribution is 2.20. The van der Waals surface area contributed by atoms with Crippen LogP contribution in [-0.4, -0.2) is 29.5 Å². The molecular weight excluding hydrogens is 316 g/mol. The standard InChI is InChI=1S/C19H20N4O2/c24-19(22-12-17-2-1-7-25-17)18-9-16(11-21-18)23-15-4-3-14-10-20-6-5-13(14)8-15/h1-8,10,16,18,21,23H,9,11-12H2,(H,22,24)/t16-,18+/m1/s1. The molecule has 0 bridgehead atoms. The summed E-state index contributed by atoms with van der Waals surface area (Å²) in [5.41, 5.74) is 1.06. The van der Waals surface area contributed by atoms with Gasteiger partial charge in [-0.25, -0.2) is 0 Å². The Hall–Kier alpha value is -2.86. The van der Waals surface area contributed by atoms with Gasteiger partial charge in [0.25, 0.3) is 0 Å². The minimum absolute atomic E-state index is 0.00489. The fourth-order valence-corrected chi connectivity index (χ4v) is 3.16. The van der Waals surface area contributed by atoms with E-state index in [0.717, 1.165) is 35.2 Å². The number of furan rings is 1. The molecule has 1 saturated heterocycles. The van der Waals surface area contributed by atoms with Gasteiger partial charge in [-0.3, -0.25) is 9.78 Å². The van der Waals surface area contributed by atoms with Crippen molar-refractivity contribution < 1.29 is 9.21 Å². The maximum atomic E-state index is 12.3. The van der Waals surface area contributed by atoms with Crippen molar-refractivity contribution in [3.8, 4) is 0 Å². The summed E-state index contributed by atoms with van der Waals surface area (Å²) in [6.07, 6.45) is 6.01. The zero-order valence-electron chi connectivity index (χ0n) is 13.7. The molecule has 3 heterocycles. The van der Waals surface area contributed by atoms with E-state index in [2.05, 4.69) is 33.1 Å². The fourth-order valence-electron chi connectivity index (χ4n) is 3.16. The van der Waals surface area contributed by atoms with E-state index < -0.39 is 0 Å². The molecule has 6 nitrogen and oxygen atoms in total. The summed E-state index contributed by atoms with van der Waals surface area (Å²) in [7, 11) is 0. The Kier molecular flexibility index (Phi) is 4.35. The molecule has 128 valence electrons. The van der Waals surface area contributed by atoms with E-state index in [4.69, 9.17) is 4.42 Å². The second kappa shape index (κ2) is 6.94. The van der Waals surface area contributed by atoms with Crippen molar-refractivity contribution in [3.05, 3.63) is 60.8 Å². The number of fused-ring (bicyclic) bond motifs is 1. The van der Waals surface area contributed by atoms with Crippen LogP contribution in [0.4, 0.5) is 5.69 Å². The lowest BCUT2D eigenvalue weighted by molar-refractivity contribution is -0.123. The van der Waals surface area contributed by atoms with Gasteiger partial charge in [-0.2, -0.15) is 0 Å². The van der Waals surface area contributed by atoms with Crippen LogP contribution in [0.15, 0.2) is 59.5 Å². The van der Waals surface area contributed by atoms with Gasteiger partial charge in [-0.15, -0.1) is 0 Å². The van der Waals surface area contributed by atoms with Gasteiger partial charge in [0.05, 0.1) is 18.8 Å². The van der Waals surface area contributed by atoms with Crippen LogP contribution in [0.1, 0.15) is 12.2 Å². The van der Waals surface area contributed by atoms with Crippen molar-refractivity contribution in [1.82, 2.24) is 15.6 Å². The molecular formula is C19H20N4O2. The van der Waals surface area contributed by atoms with E-state index in [9.17, 15) is 4.79 Å². The van der Waals surface area contributed by atoms with Crippen LogP contribution >= 0.6 is 0 Å². The molecule has 0 radical (unpaired) electrons. The quantitative estimate of drug-likeness (QED) is 0.666. The maximum absolute atomic E-state index is 12.3. The first-order valence-electron chi connectivity index (χ1n) is 8.42. The number of nitrogens with zero attached hydrogens (tertiary/aromatic N) is 1. The third kappa shape index (κ3) is 3.64. The van der Waals surface area contributed by atoms with Crippen LogP contribution in [0.2, 0.25) is 0 Å². The molecule has 6 heteroatoms. The molecule has 0 saturated carbocycles. The summed E-state index contributed by atoms with van der Waals surface area (Å²) in [6, 6.07) is 11.9. The summed E-state index contributed by atoms with van der Waals surface area (Å²) in [6.45, 7) is 1.17. The van der Waals surface area contributed by atoms with Gasteiger partial charge < -0.3 is 20.4 Å². The molecule has 25 heavy (non-hydrogen) atoms. The van der Waals surface area contributed by atoms with Gasteiger partial charge in [-0.1, -0.05) is 6.07 Å². The average Bonchev–Trinajstić information content (AvgIpc) is 3.31. The van der Waals surface area contributed by atoms with E-state index in [-0.39, 0.29) is 18.0 Å². The number of nitrogens with one attached hydrogen (secondary N) is 3. The third-order valence-corrected chi connectivity index (χ3v) is 4.48. The normalized spacial score (nSPS) is 19.8. The van der Waals surface area contributed by atoms with Crippen LogP contribution in [0, 0.1) is 0 Å². The number of pyridine rings is 1. The fraction of sp³-hybridized carbons (Fsp3) is 0.263. The Bertz CT molecular complexity index is 863. The first kappa shape index (κ1) is 15.7. The zero-order chi connectivity index (χ0) is 17.1. The van der Waals surface area contributed by atoms with Crippen LogP contribution in [0.3, 0.4) is 0 Å². The number of amides is 1. The molecule has 1 aliphatic rings. The van der Waals surface area contributed by atoms with Gasteiger partial charge >= 0.3 is 0 Å². The average molecular weight is 336 g/mol. The first-order valence-corrected chi connectivity index (χ1v) is 8.42. The molecule has 1 aromatic carbocycles. The zero-order valence-corrected chi connectivity index (χ0v) is 13.7. The summed E-state index contributed by atoms with van der Waals surface area (Å²) in [4.78, 5) is 16.4. The second-order valence-corrected chi connectivity index (χ2v) is 6.27. The minimum atomic E-state index is -0.183. The molecule has 3 aromatic rings. The smallest absolute Gasteiger partial charge is 0.237 e. The largest absolute Gasteiger partial charge is 0.467 e. The molecule has 0 spiro atoms. The number of hydrogen-bond donors (Lipinski definition) is 3. The highest BCUT2D eigenvalue weighted by molar-refractivity contribution is 5.85. The number of carbonyl (C=O) groups is 1. The van der Waals surface area contributed by atoms with Gasteiger partial charge in [0.1, 0.15) is 5.76 Å². The maximum Gasteiger partial charge on any atom is 0.237 e. The number of benzene rings is 1. The third-order valence-electron chi connectivity index (χ3n) is 4.48. The second-order valence-electron chi connectivity index (χ2n) is 6.27. The van der Waals surface area contributed by atoms with Crippen molar-refractivity contribution in [1.29, 1.82) is 0 Å². The van der Waals surface area contributed by atoms with Crippen molar-refractivity contribution in [3.63, 3.8) is 0 Å². The van der Waals surface area contributed by atoms with Gasteiger partial charge in [0.2, 0.25) is 5.91 Å². The number of anilines is 1. The monoisotopic (exact) mass is 336 g/mol. The Labute approximate surface area is 145 Å². The Balaban J connectivity index is 1.32. The highest BCUT2D eigenvalue weighted by atomic mass is 16.3. The van der Waals surface area contributed by atoms with E-state index in [0.29, 0.717) is 6.54 Å².